The van der Waals surface area contributed by atoms with E-state index >= 15 is 0 Å². The molecule has 0 bridgehead atoms. The average Bonchev–Trinajstić information content (AvgIpc) is 3.23. The first kappa shape index (κ1) is 16.4. The number of urea groups is 1. The molecular weight excluding hydrogens is 322 g/mol. The van der Waals surface area contributed by atoms with Crippen molar-refractivity contribution in [3.63, 3.8) is 0 Å². The molecule has 0 radical (unpaired) electrons. The van der Waals surface area contributed by atoms with Crippen LogP contribution in [-0.2, 0) is 4.79 Å². The van der Waals surface area contributed by atoms with Gasteiger partial charge in [-0.1, -0.05) is 5.16 Å². The predicted molar refractivity (Wildman–Crippen MR) is 88.8 cm³/mol. The molecule has 1 aromatic rings. The van der Waals surface area contributed by atoms with E-state index < -0.39 is 0 Å². The van der Waals surface area contributed by atoms with Gasteiger partial charge in [-0.15, -0.1) is 0 Å². The van der Waals surface area contributed by atoms with Crippen LogP contribution >= 0.6 is 0 Å². The molecular formula is C17H25N5O3. The van der Waals surface area contributed by atoms with Crippen LogP contribution in [0.3, 0.4) is 0 Å². The van der Waals surface area contributed by atoms with Crippen molar-refractivity contribution in [1.82, 2.24) is 25.3 Å². The van der Waals surface area contributed by atoms with Crippen LogP contribution in [0.25, 0.3) is 0 Å². The van der Waals surface area contributed by atoms with Crippen LogP contribution in [0, 0.1) is 18.8 Å². The van der Waals surface area contributed by atoms with Gasteiger partial charge in [-0.2, -0.15) is 4.98 Å². The Morgan fingerprint density at radius 2 is 1.84 bits per heavy atom. The fraction of sp³-hybridized carbons (Fsp3) is 0.765. The molecule has 3 fully saturated rings. The van der Waals surface area contributed by atoms with E-state index in [0.29, 0.717) is 37.8 Å². The first-order valence-electron chi connectivity index (χ1n) is 9.25. The standard InChI is InChI=1S/C17H25N5O3/c1-11-19-16(25-20-11)14-10-18-15(23)13-5-9-22(8-4-12(13)14)17(24)21-6-2-3-7-21/h12-14H,2-10H2,1H3,(H,18,23)/t12-,13+,14+/m0/s1. The summed E-state index contributed by atoms with van der Waals surface area (Å²) in [4.78, 5) is 33.4. The van der Waals surface area contributed by atoms with E-state index in [9.17, 15) is 9.59 Å². The van der Waals surface area contributed by atoms with Crippen LogP contribution in [0.4, 0.5) is 4.79 Å². The van der Waals surface area contributed by atoms with Crippen molar-refractivity contribution in [1.29, 1.82) is 0 Å². The molecule has 8 heteroatoms. The van der Waals surface area contributed by atoms with Gasteiger partial charge in [0.05, 0.1) is 5.92 Å². The van der Waals surface area contributed by atoms with E-state index in [1.165, 1.54) is 0 Å². The smallest absolute Gasteiger partial charge is 0.319 e. The maximum atomic E-state index is 12.7. The summed E-state index contributed by atoms with van der Waals surface area (Å²) in [6, 6.07) is 0.127. The number of aryl methyl sites for hydroxylation is 1. The Morgan fingerprint density at radius 1 is 1.12 bits per heavy atom. The Hall–Kier alpha value is -2.12. The molecule has 3 amide bonds. The molecule has 0 aromatic carbocycles. The predicted octanol–water partition coefficient (Wildman–Crippen LogP) is 1.14. The van der Waals surface area contributed by atoms with Gasteiger partial charge < -0.3 is 19.6 Å². The highest BCUT2D eigenvalue weighted by Gasteiger charge is 2.43. The summed E-state index contributed by atoms with van der Waals surface area (Å²) in [6.07, 6.45) is 3.67. The number of rotatable bonds is 1. The molecule has 0 spiro atoms. The molecule has 136 valence electrons. The van der Waals surface area contributed by atoms with E-state index in [1.807, 2.05) is 9.80 Å². The van der Waals surface area contributed by atoms with Crippen molar-refractivity contribution in [2.75, 3.05) is 32.7 Å². The number of carbonyl (C=O) groups is 2. The number of amides is 3. The highest BCUT2D eigenvalue weighted by Crippen LogP contribution is 2.38. The van der Waals surface area contributed by atoms with Crippen LogP contribution in [0.5, 0.6) is 0 Å². The van der Waals surface area contributed by atoms with E-state index in [-0.39, 0.29) is 29.7 Å². The molecule has 4 heterocycles. The van der Waals surface area contributed by atoms with Gasteiger partial charge in [-0.25, -0.2) is 4.79 Å². The molecule has 3 atom stereocenters. The lowest BCUT2D eigenvalue weighted by Crippen LogP contribution is -2.46. The van der Waals surface area contributed by atoms with Crippen molar-refractivity contribution in [2.45, 2.75) is 38.5 Å². The second kappa shape index (κ2) is 6.65. The Labute approximate surface area is 146 Å². The molecule has 0 saturated carbocycles. The van der Waals surface area contributed by atoms with Gasteiger partial charge in [0.1, 0.15) is 0 Å². The van der Waals surface area contributed by atoms with Gasteiger partial charge in [-0.05, 0) is 38.5 Å². The molecule has 3 saturated heterocycles. The van der Waals surface area contributed by atoms with E-state index in [1.54, 1.807) is 6.92 Å². The van der Waals surface area contributed by atoms with Gasteiger partial charge in [-0.3, -0.25) is 4.79 Å². The number of nitrogens with one attached hydrogen (secondary N) is 1. The van der Waals surface area contributed by atoms with Crippen molar-refractivity contribution in [3.8, 4) is 0 Å². The molecule has 0 unspecified atom stereocenters. The van der Waals surface area contributed by atoms with Gasteiger partial charge in [0.25, 0.3) is 0 Å². The van der Waals surface area contributed by atoms with Crippen LogP contribution in [-0.4, -0.2) is 64.6 Å². The molecule has 3 aliphatic rings. The largest absolute Gasteiger partial charge is 0.355 e. The van der Waals surface area contributed by atoms with Gasteiger partial charge in [0.2, 0.25) is 11.8 Å². The third kappa shape index (κ3) is 3.09. The Balaban J connectivity index is 1.51. The zero-order valence-corrected chi connectivity index (χ0v) is 14.6. The van der Waals surface area contributed by atoms with E-state index in [2.05, 4.69) is 15.5 Å². The number of aromatic nitrogens is 2. The maximum Gasteiger partial charge on any atom is 0.319 e. The molecule has 8 nitrogen and oxygen atoms in total. The fourth-order valence-electron chi connectivity index (χ4n) is 4.46. The molecule has 1 aromatic heterocycles. The summed E-state index contributed by atoms with van der Waals surface area (Å²) >= 11 is 0. The summed E-state index contributed by atoms with van der Waals surface area (Å²) < 4.78 is 5.38. The molecule has 4 rings (SSSR count). The number of piperidine rings is 1. The van der Waals surface area contributed by atoms with E-state index in [4.69, 9.17) is 4.52 Å². The number of hydrogen-bond acceptors (Lipinski definition) is 5. The van der Waals surface area contributed by atoms with Crippen LogP contribution in [0.2, 0.25) is 0 Å². The van der Waals surface area contributed by atoms with Crippen molar-refractivity contribution in [2.24, 2.45) is 11.8 Å². The van der Waals surface area contributed by atoms with Gasteiger partial charge in [0, 0.05) is 38.6 Å². The second-order valence-corrected chi connectivity index (χ2v) is 7.34. The SMILES string of the molecule is Cc1noc([C@@H]2CNC(=O)[C@@H]3CCN(C(=O)N4CCCC4)CC[C@@H]32)n1. The first-order chi connectivity index (χ1) is 12.1. The lowest BCUT2D eigenvalue weighted by atomic mass is 9.75. The second-order valence-electron chi connectivity index (χ2n) is 7.34. The highest BCUT2D eigenvalue weighted by molar-refractivity contribution is 5.80. The zero-order valence-electron chi connectivity index (χ0n) is 14.6. The number of fused-ring (bicyclic) bond motifs is 1. The van der Waals surface area contributed by atoms with Crippen molar-refractivity contribution >= 4 is 11.9 Å². The van der Waals surface area contributed by atoms with Gasteiger partial charge >= 0.3 is 6.03 Å². The van der Waals surface area contributed by atoms with Crippen LogP contribution in [0.15, 0.2) is 4.52 Å². The normalized spacial score (nSPS) is 30.0. The quantitative estimate of drug-likeness (QED) is 0.822. The summed E-state index contributed by atoms with van der Waals surface area (Å²) in [6.45, 7) is 5.36. The third-order valence-electron chi connectivity index (χ3n) is 5.82. The molecule has 3 aliphatic heterocycles. The molecule has 25 heavy (non-hydrogen) atoms. The molecule has 1 N–H and O–H groups in total. The summed E-state index contributed by atoms with van der Waals surface area (Å²) in [5.74, 6) is 1.39. The van der Waals surface area contributed by atoms with Crippen molar-refractivity contribution < 1.29 is 14.1 Å². The Morgan fingerprint density at radius 3 is 2.56 bits per heavy atom. The monoisotopic (exact) mass is 347 g/mol. The van der Waals surface area contributed by atoms with Crippen LogP contribution < -0.4 is 5.32 Å². The maximum absolute atomic E-state index is 12.7. The summed E-state index contributed by atoms with van der Waals surface area (Å²) in [5.41, 5.74) is 0. The number of nitrogens with zero attached hydrogens (tertiary/aromatic N) is 4. The minimum atomic E-state index is -0.0951. The minimum Gasteiger partial charge on any atom is -0.355 e. The Kier molecular flexibility index (Phi) is 4.35. The highest BCUT2D eigenvalue weighted by atomic mass is 16.5. The van der Waals surface area contributed by atoms with E-state index in [0.717, 1.165) is 32.4 Å². The van der Waals surface area contributed by atoms with Crippen molar-refractivity contribution in [3.05, 3.63) is 11.7 Å². The summed E-state index contributed by atoms with van der Waals surface area (Å²) in [7, 11) is 0. The minimum absolute atomic E-state index is 0.0331. The fourth-order valence-corrected chi connectivity index (χ4v) is 4.46. The van der Waals surface area contributed by atoms with Crippen LogP contribution in [0.1, 0.15) is 43.3 Å². The third-order valence-corrected chi connectivity index (χ3v) is 5.82. The summed E-state index contributed by atoms with van der Waals surface area (Å²) in [5, 5.41) is 6.88. The lowest BCUT2D eigenvalue weighted by molar-refractivity contribution is -0.129. The zero-order chi connectivity index (χ0) is 17.4. The number of carbonyl (C=O) groups excluding carboxylic acids is 2. The topological polar surface area (TPSA) is 91.6 Å². The lowest BCUT2D eigenvalue weighted by Gasteiger charge is -2.34. The molecule has 0 aliphatic carbocycles. The number of hydrogen-bond donors (Lipinski definition) is 1. The first-order valence-corrected chi connectivity index (χ1v) is 9.25. The number of likely N-dealkylation sites (tertiary alicyclic amines) is 2. The van der Waals surface area contributed by atoms with Gasteiger partial charge in [0.15, 0.2) is 5.82 Å². The average molecular weight is 347 g/mol. The Bertz CT molecular complexity index is 654.